The van der Waals surface area contributed by atoms with E-state index in [-0.39, 0.29) is 0 Å². The lowest BCUT2D eigenvalue weighted by molar-refractivity contribution is 0.925. The lowest BCUT2D eigenvalue weighted by atomic mass is 10.1. The molecule has 1 heteroatoms. The molecule has 0 aliphatic carbocycles. The molecule has 0 aliphatic rings. The lowest BCUT2D eigenvalue weighted by Gasteiger charge is -2.19. The molecule has 0 amide bonds. The van der Waals surface area contributed by atoms with Gasteiger partial charge in [0.1, 0.15) is 0 Å². The maximum Gasteiger partial charge on any atom is 0.0426 e. The second-order valence-electron chi connectivity index (χ2n) is 4.87. The van der Waals surface area contributed by atoms with Gasteiger partial charge in [-0.2, -0.15) is 0 Å². The molecule has 0 bridgehead atoms. The van der Waals surface area contributed by atoms with Gasteiger partial charge >= 0.3 is 0 Å². The van der Waals surface area contributed by atoms with Crippen LogP contribution in [0.4, 0.5) is 5.69 Å². The van der Waals surface area contributed by atoms with Crippen LogP contribution in [-0.4, -0.2) is 7.05 Å². The average molecular weight is 247 g/mol. The summed E-state index contributed by atoms with van der Waals surface area (Å²) in [6.45, 7) is 0.925. The van der Waals surface area contributed by atoms with E-state index in [1.165, 1.54) is 22.0 Å². The Morgan fingerprint density at radius 3 is 2.21 bits per heavy atom. The molecular formula is C18H17N. The number of benzene rings is 3. The quantitative estimate of drug-likeness (QED) is 0.659. The van der Waals surface area contributed by atoms with E-state index < -0.39 is 0 Å². The first kappa shape index (κ1) is 11.8. The lowest BCUT2D eigenvalue weighted by Crippen LogP contribution is -2.15. The van der Waals surface area contributed by atoms with Crippen molar-refractivity contribution in [1.29, 1.82) is 0 Å². The Morgan fingerprint density at radius 1 is 0.737 bits per heavy atom. The van der Waals surface area contributed by atoms with E-state index in [1.807, 2.05) is 6.07 Å². The normalized spacial score (nSPS) is 10.6. The van der Waals surface area contributed by atoms with Gasteiger partial charge in [0.05, 0.1) is 0 Å². The molecule has 3 aromatic carbocycles. The van der Waals surface area contributed by atoms with E-state index in [9.17, 15) is 0 Å². The van der Waals surface area contributed by atoms with Crippen molar-refractivity contribution < 1.29 is 0 Å². The molecule has 0 spiro atoms. The smallest absolute Gasteiger partial charge is 0.0426 e. The molecule has 0 atom stereocenters. The Hall–Kier alpha value is -2.28. The van der Waals surface area contributed by atoms with Crippen molar-refractivity contribution in [3.05, 3.63) is 78.4 Å². The summed E-state index contributed by atoms with van der Waals surface area (Å²) in [6, 6.07) is 25.7. The summed E-state index contributed by atoms with van der Waals surface area (Å²) < 4.78 is 0. The molecular weight excluding hydrogens is 230 g/mol. The van der Waals surface area contributed by atoms with E-state index in [2.05, 4.69) is 78.7 Å². The van der Waals surface area contributed by atoms with Crippen LogP contribution >= 0.6 is 0 Å². The first-order valence-corrected chi connectivity index (χ1v) is 6.57. The van der Waals surface area contributed by atoms with Crippen LogP contribution in [0.3, 0.4) is 0 Å². The van der Waals surface area contributed by atoms with Gasteiger partial charge in [0, 0.05) is 19.3 Å². The Labute approximate surface area is 114 Å². The minimum absolute atomic E-state index is 0.925. The summed E-state index contributed by atoms with van der Waals surface area (Å²) in [7, 11) is 2.13. The van der Waals surface area contributed by atoms with Crippen molar-refractivity contribution >= 4 is 16.5 Å². The predicted molar refractivity (Wildman–Crippen MR) is 82.5 cm³/mol. The summed E-state index contributed by atoms with van der Waals surface area (Å²) in [6.07, 6.45) is 0. The first-order chi connectivity index (χ1) is 9.33. The van der Waals surface area contributed by atoms with Gasteiger partial charge in [-0.05, 0) is 34.5 Å². The molecule has 0 aliphatic heterocycles. The van der Waals surface area contributed by atoms with E-state index in [0.717, 1.165) is 6.54 Å². The van der Waals surface area contributed by atoms with Crippen LogP contribution in [0.15, 0.2) is 72.8 Å². The predicted octanol–water partition coefficient (Wildman–Crippen LogP) is 4.48. The van der Waals surface area contributed by atoms with Gasteiger partial charge in [0.15, 0.2) is 0 Å². The second kappa shape index (κ2) is 5.15. The van der Waals surface area contributed by atoms with Crippen molar-refractivity contribution in [3.8, 4) is 0 Å². The fourth-order valence-corrected chi connectivity index (χ4v) is 2.38. The summed E-state index contributed by atoms with van der Waals surface area (Å²) in [5, 5.41) is 2.61. The SMILES string of the molecule is CN(Cc1ccc2ccccc2c1)c1ccccc1. The molecule has 0 heterocycles. The number of nitrogens with zero attached hydrogens (tertiary/aromatic N) is 1. The van der Waals surface area contributed by atoms with Crippen LogP contribution < -0.4 is 4.90 Å². The number of hydrogen-bond donors (Lipinski definition) is 0. The van der Waals surface area contributed by atoms with Gasteiger partial charge in [-0.3, -0.25) is 0 Å². The number of hydrogen-bond acceptors (Lipinski definition) is 1. The standard InChI is InChI=1S/C18H17N/c1-19(18-9-3-2-4-10-18)14-15-11-12-16-7-5-6-8-17(16)13-15/h2-13H,14H2,1H3. The van der Waals surface area contributed by atoms with Crippen molar-refractivity contribution in [2.24, 2.45) is 0 Å². The molecule has 0 saturated heterocycles. The van der Waals surface area contributed by atoms with E-state index >= 15 is 0 Å². The van der Waals surface area contributed by atoms with Crippen LogP contribution in [0.1, 0.15) is 5.56 Å². The molecule has 1 nitrogen and oxygen atoms in total. The summed E-state index contributed by atoms with van der Waals surface area (Å²) in [4.78, 5) is 2.27. The Kier molecular flexibility index (Phi) is 3.20. The van der Waals surface area contributed by atoms with Crippen molar-refractivity contribution in [2.45, 2.75) is 6.54 Å². The Morgan fingerprint density at radius 2 is 1.42 bits per heavy atom. The fraction of sp³-hybridized carbons (Fsp3) is 0.111. The summed E-state index contributed by atoms with van der Waals surface area (Å²) in [5.74, 6) is 0. The van der Waals surface area contributed by atoms with Crippen LogP contribution in [0, 0.1) is 0 Å². The molecule has 0 fully saturated rings. The minimum atomic E-state index is 0.925. The fourth-order valence-electron chi connectivity index (χ4n) is 2.38. The third-order valence-corrected chi connectivity index (χ3v) is 3.43. The zero-order chi connectivity index (χ0) is 13.1. The Balaban J connectivity index is 1.85. The molecule has 3 rings (SSSR count). The number of para-hydroxylation sites is 1. The molecule has 0 aromatic heterocycles. The van der Waals surface area contributed by atoms with Crippen LogP contribution in [0.2, 0.25) is 0 Å². The van der Waals surface area contributed by atoms with Gasteiger partial charge in [0.25, 0.3) is 0 Å². The van der Waals surface area contributed by atoms with Gasteiger partial charge in [0.2, 0.25) is 0 Å². The zero-order valence-electron chi connectivity index (χ0n) is 11.1. The molecule has 0 N–H and O–H groups in total. The van der Waals surface area contributed by atoms with E-state index in [4.69, 9.17) is 0 Å². The van der Waals surface area contributed by atoms with Crippen LogP contribution in [-0.2, 0) is 6.54 Å². The maximum atomic E-state index is 2.27. The van der Waals surface area contributed by atoms with E-state index in [0.29, 0.717) is 0 Å². The van der Waals surface area contributed by atoms with Gasteiger partial charge in [-0.25, -0.2) is 0 Å². The Bertz CT molecular complexity index is 673. The van der Waals surface area contributed by atoms with Crippen molar-refractivity contribution in [1.82, 2.24) is 0 Å². The third kappa shape index (κ3) is 2.60. The van der Waals surface area contributed by atoms with Crippen molar-refractivity contribution in [2.75, 3.05) is 11.9 Å². The third-order valence-electron chi connectivity index (χ3n) is 3.43. The number of rotatable bonds is 3. The molecule has 0 unspecified atom stereocenters. The highest BCUT2D eigenvalue weighted by Gasteiger charge is 2.02. The maximum absolute atomic E-state index is 2.27. The number of fused-ring (bicyclic) bond motifs is 1. The second-order valence-corrected chi connectivity index (χ2v) is 4.87. The number of anilines is 1. The van der Waals surface area contributed by atoms with Gasteiger partial charge in [-0.1, -0.05) is 54.6 Å². The largest absolute Gasteiger partial charge is 0.370 e. The first-order valence-electron chi connectivity index (χ1n) is 6.57. The highest BCUT2D eigenvalue weighted by Crippen LogP contribution is 2.19. The molecule has 0 saturated carbocycles. The van der Waals surface area contributed by atoms with Crippen molar-refractivity contribution in [3.63, 3.8) is 0 Å². The summed E-state index contributed by atoms with van der Waals surface area (Å²) in [5.41, 5.74) is 2.58. The average Bonchev–Trinajstić information content (AvgIpc) is 2.48. The monoisotopic (exact) mass is 247 g/mol. The molecule has 0 radical (unpaired) electrons. The topological polar surface area (TPSA) is 3.24 Å². The molecule has 94 valence electrons. The molecule has 3 aromatic rings. The summed E-state index contributed by atoms with van der Waals surface area (Å²) >= 11 is 0. The highest BCUT2D eigenvalue weighted by atomic mass is 15.1. The highest BCUT2D eigenvalue weighted by molar-refractivity contribution is 5.83. The van der Waals surface area contributed by atoms with Gasteiger partial charge in [-0.15, -0.1) is 0 Å². The zero-order valence-corrected chi connectivity index (χ0v) is 11.1. The van der Waals surface area contributed by atoms with Crippen LogP contribution in [0.25, 0.3) is 10.8 Å². The van der Waals surface area contributed by atoms with E-state index in [1.54, 1.807) is 0 Å². The molecule has 19 heavy (non-hydrogen) atoms. The van der Waals surface area contributed by atoms with Gasteiger partial charge < -0.3 is 4.90 Å². The van der Waals surface area contributed by atoms with Crippen LogP contribution in [0.5, 0.6) is 0 Å². The minimum Gasteiger partial charge on any atom is -0.370 e.